The lowest BCUT2D eigenvalue weighted by molar-refractivity contribution is -0.124. The average molecular weight is 370 g/mol. The van der Waals surface area contributed by atoms with Crippen molar-refractivity contribution in [1.82, 2.24) is 4.90 Å². The summed E-state index contributed by atoms with van der Waals surface area (Å²) in [6, 6.07) is 3.22. The molecule has 24 heavy (non-hydrogen) atoms. The zero-order valence-corrected chi connectivity index (χ0v) is 15.7. The highest BCUT2D eigenvalue weighted by Gasteiger charge is 2.37. The molecular weight excluding hydrogens is 350 g/mol. The van der Waals surface area contributed by atoms with Gasteiger partial charge in [-0.05, 0) is 49.7 Å². The molecule has 2 rings (SSSR count). The second-order valence-corrected chi connectivity index (χ2v) is 6.67. The number of rotatable bonds is 6. The molecular formula is C17H20ClNO4S. The van der Waals surface area contributed by atoms with Crippen LogP contribution in [0.2, 0.25) is 5.02 Å². The van der Waals surface area contributed by atoms with E-state index in [-0.39, 0.29) is 17.2 Å². The third kappa shape index (κ3) is 3.70. The molecule has 1 heterocycles. The third-order valence-corrected chi connectivity index (χ3v) is 4.94. The fourth-order valence-corrected chi connectivity index (χ4v) is 3.40. The third-order valence-electron chi connectivity index (χ3n) is 3.72. The molecule has 0 aromatic heterocycles. The van der Waals surface area contributed by atoms with E-state index in [1.807, 2.05) is 20.8 Å². The van der Waals surface area contributed by atoms with Crippen LogP contribution in [-0.2, 0) is 4.79 Å². The van der Waals surface area contributed by atoms with E-state index in [9.17, 15) is 9.59 Å². The van der Waals surface area contributed by atoms with Gasteiger partial charge in [0.1, 0.15) is 0 Å². The number of carbonyl (C=O) groups excluding carboxylic acids is 2. The highest BCUT2D eigenvalue weighted by molar-refractivity contribution is 8.18. The van der Waals surface area contributed by atoms with E-state index in [2.05, 4.69) is 0 Å². The molecule has 5 nitrogen and oxygen atoms in total. The minimum absolute atomic E-state index is 0.131. The molecule has 1 fully saturated rings. The molecule has 0 radical (unpaired) electrons. The fourth-order valence-electron chi connectivity index (χ4n) is 2.27. The Balaban J connectivity index is 2.39. The predicted molar refractivity (Wildman–Crippen MR) is 96.7 cm³/mol. The first-order valence-electron chi connectivity index (χ1n) is 7.70. The molecule has 1 aliphatic rings. The number of amides is 2. The molecule has 130 valence electrons. The Labute approximate surface area is 150 Å². The molecule has 0 spiro atoms. The van der Waals surface area contributed by atoms with Crippen LogP contribution in [0.15, 0.2) is 17.0 Å². The Morgan fingerprint density at radius 2 is 2.00 bits per heavy atom. The number of halogens is 1. The first kappa shape index (κ1) is 18.7. The summed E-state index contributed by atoms with van der Waals surface area (Å²) in [4.78, 5) is 26.2. The van der Waals surface area contributed by atoms with Crippen LogP contribution in [0.4, 0.5) is 4.79 Å². The minimum atomic E-state index is -0.288. The van der Waals surface area contributed by atoms with E-state index in [0.717, 1.165) is 11.8 Å². The smallest absolute Gasteiger partial charge is 0.293 e. The number of hydrogen-bond acceptors (Lipinski definition) is 5. The summed E-state index contributed by atoms with van der Waals surface area (Å²) in [5, 5.41) is 0.168. The van der Waals surface area contributed by atoms with Crippen molar-refractivity contribution in [3.63, 3.8) is 0 Å². The molecule has 0 unspecified atom stereocenters. The van der Waals surface area contributed by atoms with Crippen LogP contribution < -0.4 is 9.47 Å². The van der Waals surface area contributed by atoms with Gasteiger partial charge in [-0.1, -0.05) is 18.5 Å². The van der Waals surface area contributed by atoms with Gasteiger partial charge in [-0.15, -0.1) is 0 Å². The fraction of sp³-hybridized carbons (Fsp3) is 0.412. The summed E-state index contributed by atoms with van der Waals surface area (Å²) >= 11 is 7.20. The van der Waals surface area contributed by atoms with Crippen molar-refractivity contribution in [3.05, 3.63) is 27.6 Å². The van der Waals surface area contributed by atoms with Crippen molar-refractivity contribution in [2.45, 2.75) is 33.2 Å². The summed E-state index contributed by atoms with van der Waals surface area (Å²) in [7, 11) is 1.53. The van der Waals surface area contributed by atoms with Crippen molar-refractivity contribution in [2.24, 2.45) is 0 Å². The van der Waals surface area contributed by atoms with Gasteiger partial charge in [0.05, 0.1) is 23.6 Å². The molecule has 0 saturated carbocycles. The lowest BCUT2D eigenvalue weighted by Crippen LogP contribution is -2.36. The van der Waals surface area contributed by atoms with Crippen LogP contribution in [0, 0.1) is 0 Å². The number of benzene rings is 1. The number of nitrogens with zero attached hydrogens (tertiary/aromatic N) is 1. The molecule has 0 bridgehead atoms. The molecule has 7 heteroatoms. The number of hydrogen-bond donors (Lipinski definition) is 0. The topological polar surface area (TPSA) is 55.8 Å². The molecule has 0 N–H and O–H groups in total. The molecule has 1 saturated heterocycles. The van der Waals surface area contributed by atoms with Gasteiger partial charge in [-0.25, -0.2) is 0 Å². The Morgan fingerprint density at radius 1 is 1.29 bits per heavy atom. The van der Waals surface area contributed by atoms with Gasteiger partial charge >= 0.3 is 0 Å². The summed E-state index contributed by atoms with van der Waals surface area (Å²) in [5.41, 5.74) is 0.607. The maximum atomic E-state index is 12.5. The van der Waals surface area contributed by atoms with Gasteiger partial charge in [0.25, 0.3) is 11.1 Å². The van der Waals surface area contributed by atoms with Gasteiger partial charge < -0.3 is 9.47 Å². The quantitative estimate of drug-likeness (QED) is 0.687. The maximum absolute atomic E-state index is 12.5. The molecule has 1 atom stereocenters. The molecule has 1 aromatic carbocycles. The summed E-state index contributed by atoms with van der Waals surface area (Å²) < 4.78 is 10.8. The van der Waals surface area contributed by atoms with E-state index < -0.39 is 0 Å². The lowest BCUT2D eigenvalue weighted by Gasteiger charge is -2.19. The van der Waals surface area contributed by atoms with Crippen molar-refractivity contribution < 1.29 is 19.1 Å². The SMILES string of the molecule is CCOc1cc(/C=C2/SC(=O)N([C@H](C)CC)C2=O)c(Cl)cc1OC. The number of methoxy groups -OCH3 is 1. The average Bonchev–Trinajstić information content (AvgIpc) is 2.83. The predicted octanol–water partition coefficient (Wildman–Crippen LogP) is 4.58. The lowest BCUT2D eigenvalue weighted by atomic mass is 10.1. The highest BCUT2D eigenvalue weighted by Crippen LogP contribution is 2.38. The van der Waals surface area contributed by atoms with Crippen LogP contribution in [0.25, 0.3) is 6.08 Å². The van der Waals surface area contributed by atoms with Crippen molar-refractivity contribution >= 4 is 40.6 Å². The second-order valence-electron chi connectivity index (χ2n) is 5.27. The van der Waals surface area contributed by atoms with Crippen molar-refractivity contribution in [1.29, 1.82) is 0 Å². The Hall–Kier alpha value is -1.66. The Kier molecular flexibility index (Phi) is 6.18. The van der Waals surface area contributed by atoms with Crippen LogP contribution in [0.5, 0.6) is 11.5 Å². The summed E-state index contributed by atoms with van der Waals surface area (Å²) in [6.45, 7) is 6.13. The van der Waals surface area contributed by atoms with Crippen LogP contribution >= 0.6 is 23.4 Å². The highest BCUT2D eigenvalue weighted by atomic mass is 35.5. The van der Waals surface area contributed by atoms with E-state index in [0.29, 0.717) is 40.0 Å². The number of thioether (sulfide) groups is 1. The standard InChI is InChI=1S/C17H20ClNO4S/c1-5-10(3)19-16(20)15(24-17(19)21)8-11-7-14(23-6-2)13(22-4)9-12(11)18/h7-10H,5-6H2,1-4H3/b15-8+/t10-/m1/s1. The summed E-state index contributed by atoms with van der Waals surface area (Å²) in [5.74, 6) is 0.771. The van der Waals surface area contributed by atoms with Crippen LogP contribution in [0.3, 0.4) is 0 Å². The van der Waals surface area contributed by atoms with Crippen molar-refractivity contribution in [3.8, 4) is 11.5 Å². The van der Waals surface area contributed by atoms with E-state index in [1.165, 1.54) is 12.0 Å². The normalized spacial score (nSPS) is 17.5. The van der Waals surface area contributed by atoms with Crippen LogP contribution in [0.1, 0.15) is 32.8 Å². The van der Waals surface area contributed by atoms with Gasteiger partial charge in [0.15, 0.2) is 11.5 Å². The van der Waals surface area contributed by atoms with Gasteiger partial charge in [-0.2, -0.15) is 0 Å². The molecule has 1 aliphatic heterocycles. The Bertz CT molecular complexity index is 689. The molecule has 1 aromatic rings. The summed E-state index contributed by atoms with van der Waals surface area (Å²) in [6.07, 6.45) is 2.33. The minimum Gasteiger partial charge on any atom is -0.493 e. The largest absolute Gasteiger partial charge is 0.493 e. The monoisotopic (exact) mass is 369 g/mol. The van der Waals surface area contributed by atoms with Gasteiger partial charge in [0, 0.05) is 12.1 Å². The second kappa shape index (κ2) is 7.94. The first-order valence-corrected chi connectivity index (χ1v) is 8.89. The zero-order valence-electron chi connectivity index (χ0n) is 14.1. The Morgan fingerprint density at radius 3 is 2.58 bits per heavy atom. The van der Waals surface area contributed by atoms with Crippen LogP contribution in [-0.4, -0.2) is 35.8 Å². The van der Waals surface area contributed by atoms with E-state index in [1.54, 1.807) is 18.2 Å². The molecule has 0 aliphatic carbocycles. The maximum Gasteiger partial charge on any atom is 0.293 e. The van der Waals surface area contributed by atoms with E-state index in [4.69, 9.17) is 21.1 Å². The first-order chi connectivity index (χ1) is 11.4. The number of carbonyl (C=O) groups is 2. The van der Waals surface area contributed by atoms with Gasteiger partial charge in [-0.3, -0.25) is 14.5 Å². The zero-order chi connectivity index (χ0) is 17.9. The van der Waals surface area contributed by atoms with Gasteiger partial charge in [0.2, 0.25) is 0 Å². The van der Waals surface area contributed by atoms with Crippen molar-refractivity contribution in [2.75, 3.05) is 13.7 Å². The molecule has 2 amide bonds. The van der Waals surface area contributed by atoms with E-state index >= 15 is 0 Å². The number of ether oxygens (including phenoxy) is 2. The number of imide groups is 1.